The number of aromatic nitrogens is 10. The van der Waals surface area contributed by atoms with Crippen molar-refractivity contribution in [2.24, 2.45) is 0 Å². The maximum absolute atomic E-state index is 6.21. The quantitative estimate of drug-likeness (QED) is 0.0197. The largest absolute Gasteiger partial charge is 0.469 e. The Balaban J connectivity index is 0.000000356. The molecule has 0 atom stereocenters. The van der Waals surface area contributed by atoms with E-state index in [4.69, 9.17) is 52.4 Å². The van der Waals surface area contributed by atoms with Gasteiger partial charge >= 0.3 is 0 Å². The van der Waals surface area contributed by atoms with Crippen LogP contribution in [0.3, 0.4) is 0 Å². The number of pyridine rings is 5. The van der Waals surface area contributed by atoms with Crippen molar-refractivity contribution in [3.05, 3.63) is 154 Å². The number of nitrogens with zero attached hydrogens (tertiary/aromatic N) is 15. The summed E-state index contributed by atoms with van der Waals surface area (Å²) in [7, 11) is 19.8. The summed E-state index contributed by atoms with van der Waals surface area (Å²) in [6.07, 6.45) is 5.11. The van der Waals surface area contributed by atoms with Gasteiger partial charge in [-0.05, 0) is 174 Å². The predicted octanol–water partition coefficient (Wildman–Crippen LogP) is 13.0. The molecule has 2 saturated heterocycles. The number of nitrogen functional groups attached to an aromatic ring is 5. The normalized spacial score (nSPS) is 13.9. The number of likely N-dealkylation sites (tertiary alicyclic amines) is 1. The van der Waals surface area contributed by atoms with E-state index >= 15 is 0 Å². The zero-order valence-electron chi connectivity index (χ0n) is 73.7. The number of hydrogen-bond donors (Lipinski definition) is 6. The number of ether oxygens (including phenoxy) is 5. The molecule has 2 aliphatic rings. The molecule has 10 aromatic rings. The SMILES string of the molecule is Cc1ccc2c(N)c(NCCC[N+](C)(C)C)nn2c1C.Cc1ccc2c(N)c(OCC[N+](C)(C(C)C)C(C)C)nn2c1C.Cc1ccc2c(N)c(OCC[N+](C)(C)C)nn2c1C.Cc1ccc2c(N)c(OCC[N+]3(C)CCCCC3)nn2c1C.Cc1ccc2c(N)c(OCC[N+]3(C)CCOCC3)nn2c1C.[CH3-].[CH3-].[CH3-].[CH3-].[CH3-]. The number of anilines is 6. The first-order valence-corrected chi connectivity index (χ1v) is 37.9. The van der Waals surface area contributed by atoms with E-state index in [2.05, 4.69) is 201 Å². The lowest BCUT2D eigenvalue weighted by Crippen LogP contribution is -2.56. The van der Waals surface area contributed by atoms with Crippen LogP contribution in [0.5, 0.6) is 23.5 Å². The van der Waals surface area contributed by atoms with E-state index in [-0.39, 0.29) is 37.1 Å². The van der Waals surface area contributed by atoms with Crippen LogP contribution in [0.15, 0.2) is 60.7 Å². The second kappa shape index (κ2) is 40.6. The number of morpholine rings is 1. The van der Waals surface area contributed by atoms with Gasteiger partial charge in [-0.3, -0.25) is 0 Å². The first-order valence-electron chi connectivity index (χ1n) is 37.9. The lowest BCUT2D eigenvalue weighted by Gasteiger charge is -2.42. The topological polar surface area (TPSA) is 275 Å². The fourth-order valence-corrected chi connectivity index (χ4v) is 13.1. The Labute approximate surface area is 667 Å². The van der Waals surface area contributed by atoms with Crippen LogP contribution in [0, 0.1) is 106 Å². The predicted molar refractivity (Wildman–Crippen MR) is 466 cm³/mol. The van der Waals surface area contributed by atoms with E-state index in [1.165, 1.54) is 60.2 Å². The molecular weight excluding hydrogens is 1400 g/mol. The van der Waals surface area contributed by atoms with Gasteiger partial charge in [-0.1, -0.05) is 30.3 Å². The summed E-state index contributed by atoms with van der Waals surface area (Å²) in [5, 5.41) is 26.0. The second-order valence-corrected chi connectivity index (χ2v) is 32.8. The summed E-state index contributed by atoms with van der Waals surface area (Å²) in [6.45, 7) is 44.1. The summed E-state index contributed by atoms with van der Waals surface area (Å²) < 4.78 is 43.1. The molecule has 622 valence electrons. The van der Waals surface area contributed by atoms with Crippen molar-refractivity contribution in [2.45, 2.75) is 135 Å². The van der Waals surface area contributed by atoms with Gasteiger partial charge in [-0.15, -0.1) is 25.5 Å². The van der Waals surface area contributed by atoms with Gasteiger partial charge in [0.2, 0.25) is 0 Å². The van der Waals surface area contributed by atoms with E-state index in [0.29, 0.717) is 84.8 Å². The van der Waals surface area contributed by atoms with Crippen LogP contribution in [0.1, 0.15) is 110 Å². The molecule has 0 aliphatic carbocycles. The van der Waals surface area contributed by atoms with Crippen LogP contribution >= 0.6 is 0 Å². The smallest absolute Gasteiger partial charge is 0.257 e. The summed E-state index contributed by atoms with van der Waals surface area (Å²) in [5.74, 6) is 2.96. The number of aryl methyl sites for hydroxylation is 10. The van der Waals surface area contributed by atoms with Gasteiger partial charge < -0.3 is 117 Å². The van der Waals surface area contributed by atoms with Crippen LogP contribution in [-0.4, -0.2) is 251 Å². The minimum atomic E-state index is 0. The first kappa shape index (κ1) is 96.4. The molecule has 0 bridgehead atoms. The highest BCUT2D eigenvalue weighted by Gasteiger charge is 2.31. The fraction of sp³-hybridized carbons (Fsp3) is 0.529. The van der Waals surface area contributed by atoms with E-state index in [0.717, 1.165) is 162 Å². The third kappa shape index (κ3) is 23.9. The third-order valence-electron chi connectivity index (χ3n) is 22.2. The molecule has 10 aromatic heterocycles. The van der Waals surface area contributed by atoms with Crippen LogP contribution < -0.4 is 52.9 Å². The van der Waals surface area contributed by atoms with Gasteiger partial charge in [0.15, 0.2) is 5.82 Å². The Kier molecular flexibility index (Phi) is 35.3. The summed E-state index contributed by atoms with van der Waals surface area (Å²) in [4.78, 5) is 0. The monoisotopic (exact) mass is 1540 g/mol. The Morgan fingerprint density at radius 3 is 1.00 bits per heavy atom. The van der Waals surface area contributed by atoms with E-state index in [9.17, 15) is 0 Å². The van der Waals surface area contributed by atoms with Crippen molar-refractivity contribution < 1.29 is 46.1 Å². The summed E-state index contributed by atoms with van der Waals surface area (Å²) >= 11 is 0. The van der Waals surface area contributed by atoms with Crippen LogP contribution in [0.25, 0.3) is 27.6 Å². The number of nitrogens with one attached hydrogen (secondary N) is 1. The molecule has 26 heteroatoms. The highest BCUT2D eigenvalue weighted by Crippen LogP contribution is 2.33. The summed E-state index contributed by atoms with van der Waals surface area (Å²) in [6, 6.07) is 21.4. The molecule has 0 amide bonds. The van der Waals surface area contributed by atoms with Gasteiger partial charge in [0.1, 0.15) is 94.1 Å². The fourth-order valence-electron chi connectivity index (χ4n) is 13.1. The number of piperidine rings is 1. The molecule has 111 heavy (non-hydrogen) atoms. The molecule has 2 aliphatic heterocycles. The molecule has 0 aromatic carbocycles. The number of likely N-dealkylation sites (N-methyl/N-ethyl adjacent to an activating group) is 4. The van der Waals surface area contributed by atoms with E-state index in [1.54, 1.807) is 0 Å². The number of rotatable bonds is 23. The number of quaternary nitrogens is 5. The van der Waals surface area contributed by atoms with Gasteiger partial charge in [-0.25, -0.2) is 22.6 Å². The molecule has 26 nitrogen and oxygen atoms in total. The minimum absolute atomic E-state index is 0. The zero-order chi connectivity index (χ0) is 78.0. The van der Waals surface area contributed by atoms with Crippen molar-refractivity contribution in [3.63, 3.8) is 0 Å². The van der Waals surface area contributed by atoms with Crippen LogP contribution in [0.4, 0.5) is 34.3 Å². The average molecular weight is 1540 g/mol. The van der Waals surface area contributed by atoms with E-state index in [1.807, 2.05) is 73.7 Å². The van der Waals surface area contributed by atoms with Crippen LogP contribution in [-0.2, 0) is 4.74 Å². The van der Waals surface area contributed by atoms with Crippen molar-refractivity contribution in [1.29, 1.82) is 0 Å². The van der Waals surface area contributed by atoms with Gasteiger partial charge in [-0.2, -0.15) is 0 Å². The van der Waals surface area contributed by atoms with Crippen molar-refractivity contribution in [3.8, 4) is 23.5 Å². The Morgan fingerprint density at radius 2 is 0.685 bits per heavy atom. The third-order valence-corrected chi connectivity index (χ3v) is 22.2. The highest BCUT2D eigenvalue weighted by atomic mass is 16.5. The van der Waals surface area contributed by atoms with Gasteiger partial charge in [0.05, 0.1) is 136 Å². The maximum Gasteiger partial charge on any atom is 0.257 e. The minimum Gasteiger partial charge on any atom is -0.469 e. The van der Waals surface area contributed by atoms with Crippen molar-refractivity contribution >= 4 is 61.8 Å². The molecule has 0 saturated carbocycles. The lowest BCUT2D eigenvalue weighted by molar-refractivity contribution is -0.949. The lowest BCUT2D eigenvalue weighted by atomic mass is 10.1. The molecule has 0 spiro atoms. The second-order valence-electron chi connectivity index (χ2n) is 32.8. The number of nitrogens with two attached hydrogens (primary N) is 5. The molecule has 0 unspecified atom stereocenters. The van der Waals surface area contributed by atoms with Gasteiger partial charge in [0, 0.05) is 41.4 Å². The number of fused-ring (bicyclic) bond motifs is 5. The Morgan fingerprint density at radius 1 is 0.396 bits per heavy atom. The standard InChI is InChI=1S/C18H31N4O.C17H27N4O.C16H25N4O2.C15H26N5.C14H23N4O.5CH3/c1-12(2)22(7,13(3)4)10-11-23-18-17(19)16-9-8-14(5)15(6)21(16)20-18;1-13-7-8-15-16(18)17(19-20(15)14(13)2)22-12-11-21(3)9-5-4-6-10-21;1-12-4-5-14-15(17)16(18-19(14)13(12)2)22-11-8-20(3)6-9-21-10-7-20;1-11-7-8-13-14(16)15(18-19(13)12(11)2)17-9-6-10-20(3,4)5;1-10-6-7-12-13(15)14(16-17(12)11(10)2)19-9-8-18(3,4)5;;;;;/h8-9,12-13H,10-11,19H2,1-7H3;7-8H,4-6,9-12,18H2,1-3H3;4-5H,6-11,17H2,1-3H3;7-8H,6,9-10,16H2,1-5H3,(H,17,18);6-7H,8-9,15H2,1-5H3;5*1H3/q5*+1;5*-1. The highest BCUT2D eigenvalue weighted by molar-refractivity contribution is 5.81. The Bertz CT molecular complexity index is 4450. The van der Waals surface area contributed by atoms with Crippen molar-refractivity contribution in [1.82, 2.24) is 48.1 Å². The zero-order valence-corrected chi connectivity index (χ0v) is 73.7. The summed E-state index contributed by atoms with van der Waals surface area (Å²) in [5.41, 5.74) is 50.2. The number of hydrogen-bond acceptors (Lipinski definition) is 16. The molecule has 12 rings (SSSR count). The Hall–Kier alpha value is -8.79. The van der Waals surface area contributed by atoms with Crippen molar-refractivity contribution in [2.75, 3.05) is 203 Å². The molecule has 11 N–H and O–H groups in total. The van der Waals surface area contributed by atoms with Gasteiger partial charge in [0.25, 0.3) is 23.5 Å². The first-order chi connectivity index (χ1) is 49.8. The molecular formula is C85H147N21O5. The van der Waals surface area contributed by atoms with Crippen LogP contribution in [0.2, 0.25) is 0 Å². The molecule has 0 radical (unpaired) electrons. The maximum atomic E-state index is 6.21. The van der Waals surface area contributed by atoms with E-state index < -0.39 is 0 Å². The molecule has 2 fully saturated rings. The average Bonchev–Trinajstić information content (AvgIpc) is 1.68. The molecule has 12 heterocycles.